The summed E-state index contributed by atoms with van der Waals surface area (Å²) in [4.78, 5) is 14.6. The van der Waals surface area contributed by atoms with E-state index >= 15 is 0 Å². The first-order valence-electron chi connectivity index (χ1n) is 9.31. The predicted molar refractivity (Wildman–Crippen MR) is 101 cm³/mol. The lowest BCUT2D eigenvalue weighted by atomic mass is 9.90. The van der Waals surface area contributed by atoms with Gasteiger partial charge in [0.25, 0.3) is 0 Å². The zero-order valence-electron chi connectivity index (χ0n) is 15.3. The Hall–Kier alpha value is -2.20. The monoisotopic (exact) mass is 355 g/mol. The second-order valence-electron chi connectivity index (χ2n) is 6.95. The largest absolute Gasteiger partial charge is 0.497 e. The first-order valence-corrected chi connectivity index (χ1v) is 9.31. The number of likely N-dealkylation sites (tertiary alicyclic amines) is 1. The van der Waals surface area contributed by atoms with E-state index in [4.69, 9.17) is 4.74 Å². The lowest BCUT2D eigenvalue weighted by molar-refractivity contribution is 0.0972. The fraction of sp³-hybridized carbons (Fsp3) is 0.409. The number of methoxy groups -OCH3 is 1. The minimum absolute atomic E-state index is 0.0892. The number of ketones is 1. The Morgan fingerprint density at radius 1 is 1.23 bits per heavy atom. The first-order chi connectivity index (χ1) is 12.7. The molecule has 0 amide bonds. The minimum Gasteiger partial charge on any atom is -0.497 e. The molecule has 26 heavy (non-hydrogen) atoms. The molecule has 2 aromatic carbocycles. The molecule has 3 rings (SSSR count). The Kier molecular flexibility index (Phi) is 6.40. The number of nitrogens with zero attached hydrogens (tertiary/aromatic N) is 1. The normalized spacial score (nSPS) is 17.8. The van der Waals surface area contributed by atoms with Crippen molar-refractivity contribution in [2.24, 2.45) is 0 Å². The van der Waals surface area contributed by atoms with Gasteiger partial charge in [-0.25, -0.2) is 4.39 Å². The van der Waals surface area contributed by atoms with Crippen molar-refractivity contribution in [1.82, 2.24) is 4.90 Å². The molecular formula is C22H26FNO2. The highest BCUT2D eigenvalue weighted by molar-refractivity contribution is 5.95. The van der Waals surface area contributed by atoms with Crippen LogP contribution < -0.4 is 4.74 Å². The average Bonchev–Trinajstić information content (AvgIpc) is 2.69. The van der Waals surface area contributed by atoms with Gasteiger partial charge in [-0.15, -0.1) is 0 Å². The van der Waals surface area contributed by atoms with E-state index in [1.54, 1.807) is 19.2 Å². The lowest BCUT2D eigenvalue weighted by Crippen LogP contribution is -2.35. The summed E-state index contributed by atoms with van der Waals surface area (Å²) in [6, 6.07) is 14.2. The molecule has 0 spiro atoms. The van der Waals surface area contributed by atoms with Crippen molar-refractivity contribution in [3.8, 4) is 5.75 Å². The van der Waals surface area contributed by atoms with Crippen molar-refractivity contribution >= 4 is 5.78 Å². The highest BCUT2D eigenvalue weighted by atomic mass is 19.1. The Morgan fingerprint density at radius 2 is 2.04 bits per heavy atom. The Morgan fingerprint density at radius 3 is 2.81 bits per heavy atom. The summed E-state index contributed by atoms with van der Waals surface area (Å²) < 4.78 is 18.3. The topological polar surface area (TPSA) is 29.5 Å². The van der Waals surface area contributed by atoms with Gasteiger partial charge in [-0.1, -0.05) is 12.1 Å². The van der Waals surface area contributed by atoms with E-state index in [0.717, 1.165) is 31.8 Å². The second kappa shape index (κ2) is 8.95. The van der Waals surface area contributed by atoms with Crippen LogP contribution in [0.3, 0.4) is 0 Å². The molecule has 1 aliphatic rings. The molecule has 0 N–H and O–H groups in total. The van der Waals surface area contributed by atoms with Crippen LogP contribution in [0.25, 0.3) is 0 Å². The van der Waals surface area contributed by atoms with Crippen molar-refractivity contribution < 1.29 is 13.9 Å². The van der Waals surface area contributed by atoms with Crippen molar-refractivity contribution in [3.05, 3.63) is 65.5 Å². The van der Waals surface area contributed by atoms with Crippen molar-refractivity contribution in [1.29, 1.82) is 0 Å². The molecule has 1 atom stereocenters. The van der Waals surface area contributed by atoms with Gasteiger partial charge in [0, 0.05) is 18.5 Å². The van der Waals surface area contributed by atoms with Crippen LogP contribution in [-0.4, -0.2) is 37.4 Å². The van der Waals surface area contributed by atoms with Crippen molar-refractivity contribution in [2.75, 3.05) is 26.7 Å². The maximum absolute atomic E-state index is 12.9. The second-order valence-corrected chi connectivity index (χ2v) is 6.95. The highest BCUT2D eigenvalue weighted by Gasteiger charge is 2.21. The smallest absolute Gasteiger partial charge is 0.162 e. The quantitative estimate of drug-likeness (QED) is 0.676. The van der Waals surface area contributed by atoms with E-state index in [1.807, 2.05) is 6.07 Å². The number of rotatable bonds is 7. The molecular weight excluding hydrogens is 329 g/mol. The van der Waals surface area contributed by atoms with Crippen LogP contribution >= 0.6 is 0 Å². The van der Waals surface area contributed by atoms with E-state index in [9.17, 15) is 9.18 Å². The molecule has 138 valence electrons. The maximum Gasteiger partial charge on any atom is 0.162 e. The highest BCUT2D eigenvalue weighted by Crippen LogP contribution is 2.29. The number of hydrogen-bond acceptors (Lipinski definition) is 3. The molecule has 0 aromatic heterocycles. The third kappa shape index (κ3) is 4.92. The fourth-order valence-electron chi connectivity index (χ4n) is 3.67. The van der Waals surface area contributed by atoms with Gasteiger partial charge in [0.15, 0.2) is 5.78 Å². The van der Waals surface area contributed by atoms with E-state index in [-0.39, 0.29) is 11.6 Å². The summed E-state index contributed by atoms with van der Waals surface area (Å²) in [6.07, 6.45) is 3.71. The van der Waals surface area contributed by atoms with Crippen LogP contribution in [0.2, 0.25) is 0 Å². The van der Waals surface area contributed by atoms with E-state index in [0.29, 0.717) is 17.9 Å². The molecule has 4 heteroatoms. The number of piperidine rings is 1. The molecule has 1 saturated heterocycles. The summed E-state index contributed by atoms with van der Waals surface area (Å²) in [7, 11) is 1.70. The summed E-state index contributed by atoms with van der Waals surface area (Å²) in [5.74, 6) is 1.21. The Balaban J connectivity index is 1.49. The van der Waals surface area contributed by atoms with E-state index < -0.39 is 0 Å². The summed E-state index contributed by atoms with van der Waals surface area (Å²) in [5.41, 5.74) is 1.93. The molecule has 3 nitrogen and oxygen atoms in total. The van der Waals surface area contributed by atoms with Crippen molar-refractivity contribution in [3.63, 3.8) is 0 Å². The summed E-state index contributed by atoms with van der Waals surface area (Å²) >= 11 is 0. The van der Waals surface area contributed by atoms with Gasteiger partial charge < -0.3 is 9.64 Å². The maximum atomic E-state index is 12.9. The van der Waals surface area contributed by atoms with Crippen LogP contribution in [0.15, 0.2) is 48.5 Å². The third-order valence-electron chi connectivity index (χ3n) is 5.12. The Labute approximate surface area is 154 Å². The predicted octanol–water partition coefficient (Wildman–Crippen LogP) is 4.68. The third-order valence-corrected chi connectivity index (χ3v) is 5.12. The van der Waals surface area contributed by atoms with Gasteiger partial charge in [-0.2, -0.15) is 0 Å². The van der Waals surface area contributed by atoms with Gasteiger partial charge >= 0.3 is 0 Å². The van der Waals surface area contributed by atoms with Crippen molar-refractivity contribution in [2.45, 2.75) is 31.6 Å². The molecule has 1 fully saturated rings. The lowest BCUT2D eigenvalue weighted by Gasteiger charge is -2.33. The van der Waals surface area contributed by atoms with Crippen LogP contribution in [-0.2, 0) is 0 Å². The molecule has 0 radical (unpaired) electrons. The number of hydrogen-bond donors (Lipinski definition) is 0. The van der Waals surface area contributed by atoms with Crippen LogP contribution in [0, 0.1) is 5.82 Å². The molecule has 1 heterocycles. The first kappa shape index (κ1) is 18.6. The van der Waals surface area contributed by atoms with Crippen LogP contribution in [0.4, 0.5) is 4.39 Å². The van der Waals surface area contributed by atoms with E-state index in [2.05, 4.69) is 23.1 Å². The molecule has 2 aromatic rings. The summed E-state index contributed by atoms with van der Waals surface area (Å²) in [6.45, 7) is 3.04. The SMILES string of the molecule is COc1cccc(C2CCCN(CCCC(=O)c3ccc(F)cc3)C2)c1. The standard InChI is InChI=1S/C22H26FNO2/c1-26-21-7-2-5-18(15-21)19-6-3-13-24(16-19)14-4-8-22(25)17-9-11-20(23)12-10-17/h2,5,7,9-12,15,19H,3-4,6,8,13-14,16H2,1H3. The van der Waals surface area contributed by atoms with Gasteiger partial charge in [-0.05, 0) is 80.2 Å². The molecule has 1 aliphatic heterocycles. The van der Waals surface area contributed by atoms with Crippen LogP contribution in [0.1, 0.15) is 47.5 Å². The van der Waals surface area contributed by atoms with Gasteiger partial charge in [0.05, 0.1) is 7.11 Å². The van der Waals surface area contributed by atoms with Gasteiger partial charge in [0.1, 0.15) is 11.6 Å². The van der Waals surface area contributed by atoms with Gasteiger partial charge in [0.2, 0.25) is 0 Å². The fourth-order valence-corrected chi connectivity index (χ4v) is 3.67. The van der Waals surface area contributed by atoms with Gasteiger partial charge in [-0.3, -0.25) is 4.79 Å². The number of ether oxygens (including phenoxy) is 1. The van der Waals surface area contributed by atoms with Crippen LogP contribution in [0.5, 0.6) is 5.75 Å². The number of carbonyl (C=O) groups excluding carboxylic acids is 1. The van der Waals surface area contributed by atoms with E-state index in [1.165, 1.54) is 30.5 Å². The number of carbonyl (C=O) groups is 1. The zero-order valence-corrected chi connectivity index (χ0v) is 15.3. The minimum atomic E-state index is -0.307. The molecule has 1 unspecified atom stereocenters. The number of benzene rings is 2. The number of halogens is 1. The molecule has 0 bridgehead atoms. The zero-order chi connectivity index (χ0) is 18.4. The molecule has 0 aliphatic carbocycles. The molecule has 0 saturated carbocycles. The average molecular weight is 355 g/mol. The summed E-state index contributed by atoms with van der Waals surface area (Å²) in [5, 5.41) is 0. The number of Topliss-reactive ketones (excluding diaryl/α,β-unsaturated/α-hetero) is 1. The Bertz CT molecular complexity index is 729.